The summed E-state index contributed by atoms with van der Waals surface area (Å²) in [4.78, 5) is 34.0. The number of imide groups is 1. The van der Waals surface area contributed by atoms with Crippen LogP contribution in [0.15, 0.2) is 12.1 Å². The van der Waals surface area contributed by atoms with Gasteiger partial charge in [0.2, 0.25) is 0 Å². The maximum Gasteiger partial charge on any atom is 0.259 e. The van der Waals surface area contributed by atoms with Crippen LogP contribution in [0.4, 0.5) is 5.69 Å². The van der Waals surface area contributed by atoms with E-state index in [2.05, 4.69) is 5.32 Å². The predicted octanol–water partition coefficient (Wildman–Crippen LogP) is 0.355. The number of fused-ring (bicyclic) bond motifs is 1. The van der Waals surface area contributed by atoms with Crippen molar-refractivity contribution in [2.75, 3.05) is 5.73 Å². The molecular weight excluding hydrogens is 196 g/mol. The zero-order valence-corrected chi connectivity index (χ0v) is 7.96. The normalized spacial score (nSPS) is 13.7. The average molecular weight is 204 g/mol. The zero-order valence-electron chi connectivity index (χ0n) is 7.96. The maximum absolute atomic E-state index is 11.4. The predicted molar refractivity (Wildman–Crippen MR) is 52.7 cm³/mol. The largest absolute Gasteiger partial charge is 0.398 e. The van der Waals surface area contributed by atoms with Gasteiger partial charge in [-0.25, -0.2) is 0 Å². The molecule has 76 valence electrons. The minimum atomic E-state index is -0.562. The molecule has 0 bridgehead atoms. The van der Waals surface area contributed by atoms with Crippen molar-refractivity contribution in [3.8, 4) is 0 Å². The van der Waals surface area contributed by atoms with E-state index in [1.807, 2.05) is 0 Å². The lowest BCUT2D eigenvalue weighted by atomic mass is 9.98. The average Bonchev–Trinajstić information content (AvgIpc) is 2.41. The van der Waals surface area contributed by atoms with Gasteiger partial charge in [-0.15, -0.1) is 0 Å². The van der Waals surface area contributed by atoms with Crippen molar-refractivity contribution >= 4 is 23.3 Å². The van der Waals surface area contributed by atoms with E-state index in [1.165, 1.54) is 19.1 Å². The summed E-state index contributed by atoms with van der Waals surface area (Å²) in [6.45, 7) is 1.31. The van der Waals surface area contributed by atoms with Crippen molar-refractivity contribution < 1.29 is 14.4 Å². The molecule has 2 amide bonds. The third-order valence-corrected chi connectivity index (χ3v) is 2.29. The molecule has 0 fully saturated rings. The molecule has 0 unspecified atom stereocenters. The van der Waals surface area contributed by atoms with Crippen LogP contribution >= 0.6 is 0 Å². The summed E-state index contributed by atoms with van der Waals surface area (Å²) in [7, 11) is 0. The molecule has 3 N–H and O–H groups in total. The molecule has 0 atom stereocenters. The van der Waals surface area contributed by atoms with Gasteiger partial charge in [0.15, 0.2) is 5.78 Å². The number of hydrogen-bond acceptors (Lipinski definition) is 4. The minimum Gasteiger partial charge on any atom is -0.398 e. The second-order valence-corrected chi connectivity index (χ2v) is 3.29. The molecule has 1 heterocycles. The monoisotopic (exact) mass is 204 g/mol. The smallest absolute Gasteiger partial charge is 0.259 e. The molecule has 1 aliphatic rings. The number of nitrogens with two attached hydrogens (primary N) is 1. The molecule has 5 heteroatoms. The Morgan fingerprint density at radius 2 is 1.93 bits per heavy atom. The molecule has 0 spiro atoms. The van der Waals surface area contributed by atoms with Crippen molar-refractivity contribution in [1.29, 1.82) is 0 Å². The molecule has 5 nitrogen and oxygen atoms in total. The fourth-order valence-corrected chi connectivity index (χ4v) is 1.66. The lowest BCUT2D eigenvalue weighted by molar-refractivity contribution is 0.0875. The van der Waals surface area contributed by atoms with E-state index < -0.39 is 11.8 Å². The lowest BCUT2D eigenvalue weighted by Crippen LogP contribution is -2.20. The van der Waals surface area contributed by atoms with Crippen LogP contribution in [-0.4, -0.2) is 17.6 Å². The van der Waals surface area contributed by atoms with Crippen LogP contribution in [0.1, 0.15) is 38.0 Å². The van der Waals surface area contributed by atoms with Gasteiger partial charge in [-0.2, -0.15) is 0 Å². The first kappa shape index (κ1) is 9.39. The van der Waals surface area contributed by atoms with Gasteiger partial charge in [0.25, 0.3) is 11.8 Å². The molecule has 0 aromatic heterocycles. The Bertz CT molecular complexity index is 506. The first-order valence-electron chi connectivity index (χ1n) is 4.31. The van der Waals surface area contributed by atoms with Gasteiger partial charge in [-0.3, -0.25) is 19.7 Å². The molecule has 2 rings (SSSR count). The lowest BCUT2D eigenvalue weighted by Gasteiger charge is -2.05. The Balaban J connectivity index is 2.81. The van der Waals surface area contributed by atoms with Crippen LogP contribution in [0, 0.1) is 0 Å². The summed E-state index contributed by atoms with van der Waals surface area (Å²) in [6, 6.07) is 2.89. The summed E-state index contributed by atoms with van der Waals surface area (Å²) in [6.07, 6.45) is 0. The summed E-state index contributed by atoms with van der Waals surface area (Å²) >= 11 is 0. The van der Waals surface area contributed by atoms with Crippen molar-refractivity contribution in [3.63, 3.8) is 0 Å². The number of rotatable bonds is 1. The fourth-order valence-electron chi connectivity index (χ4n) is 1.66. The number of nitrogens with one attached hydrogen (secondary N) is 1. The summed E-state index contributed by atoms with van der Waals surface area (Å²) < 4.78 is 0. The quantitative estimate of drug-likeness (QED) is 0.392. The highest BCUT2D eigenvalue weighted by molar-refractivity contribution is 6.26. The zero-order chi connectivity index (χ0) is 11.2. The van der Waals surface area contributed by atoms with Crippen LogP contribution in [0.3, 0.4) is 0 Å². The van der Waals surface area contributed by atoms with Crippen molar-refractivity contribution in [2.45, 2.75) is 6.92 Å². The van der Waals surface area contributed by atoms with E-state index in [4.69, 9.17) is 5.73 Å². The van der Waals surface area contributed by atoms with Gasteiger partial charge in [0.1, 0.15) is 0 Å². The third-order valence-electron chi connectivity index (χ3n) is 2.29. The molecule has 1 aromatic rings. The van der Waals surface area contributed by atoms with E-state index in [0.717, 1.165) is 0 Å². The molecule has 15 heavy (non-hydrogen) atoms. The highest BCUT2D eigenvalue weighted by Gasteiger charge is 2.31. The van der Waals surface area contributed by atoms with Gasteiger partial charge in [-0.1, -0.05) is 0 Å². The maximum atomic E-state index is 11.4. The van der Waals surface area contributed by atoms with Gasteiger partial charge in [-0.05, 0) is 19.1 Å². The summed E-state index contributed by atoms with van der Waals surface area (Å²) in [5.74, 6) is -1.38. The number of Topliss-reactive ketones (excluding diaryl/α,β-unsaturated/α-hetero) is 1. The van der Waals surface area contributed by atoms with E-state index in [0.29, 0.717) is 0 Å². The standard InChI is InChI=1S/C10H8N2O3/c1-4(13)7-6(11)3-2-5-8(7)10(15)12-9(5)14/h2-3H,11H2,1H3,(H,12,14,15). The number of anilines is 1. The second-order valence-electron chi connectivity index (χ2n) is 3.29. The Labute approximate surface area is 85.3 Å². The molecule has 1 aromatic carbocycles. The molecule has 0 saturated carbocycles. The Kier molecular flexibility index (Phi) is 1.82. The van der Waals surface area contributed by atoms with Crippen molar-refractivity contribution in [2.24, 2.45) is 0 Å². The number of nitrogen functional groups attached to an aromatic ring is 1. The highest BCUT2D eigenvalue weighted by atomic mass is 16.2. The third kappa shape index (κ3) is 1.20. The molecule has 0 radical (unpaired) electrons. The van der Waals surface area contributed by atoms with E-state index in [9.17, 15) is 14.4 Å². The fraction of sp³-hybridized carbons (Fsp3) is 0.100. The van der Waals surface area contributed by atoms with Gasteiger partial charge >= 0.3 is 0 Å². The van der Waals surface area contributed by atoms with Crippen LogP contribution in [0.2, 0.25) is 0 Å². The summed E-state index contributed by atoms with van der Waals surface area (Å²) in [5.41, 5.74) is 6.22. The SMILES string of the molecule is CC(=O)c1c(N)ccc2c1C(=O)NC2=O. The Morgan fingerprint density at radius 1 is 1.27 bits per heavy atom. The first-order valence-corrected chi connectivity index (χ1v) is 4.31. The molecular formula is C10H8N2O3. The highest BCUT2D eigenvalue weighted by Crippen LogP contribution is 2.25. The number of amides is 2. The number of carbonyl (C=O) groups excluding carboxylic acids is 3. The van der Waals surface area contributed by atoms with E-state index >= 15 is 0 Å². The number of benzene rings is 1. The second kappa shape index (κ2) is 2.91. The van der Waals surface area contributed by atoms with Gasteiger partial charge in [0, 0.05) is 5.69 Å². The number of ketones is 1. The number of hydrogen-bond donors (Lipinski definition) is 2. The van der Waals surface area contributed by atoms with Crippen molar-refractivity contribution in [1.82, 2.24) is 5.32 Å². The van der Waals surface area contributed by atoms with Crippen LogP contribution < -0.4 is 11.1 Å². The number of carbonyl (C=O) groups is 3. The van der Waals surface area contributed by atoms with E-state index in [1.54, 1.807) is 0 Å². The molecule has 1 aliphatic heterocycles. The first-order chi connectivity index (χ1) is 7.02. The van der Waals surface area contributed by atoms with Crippen LogP contribution in [0.25, 0.3) is 0 Å². The van der Waals surface area contributed by atoms with E-state index in [-0.39, 0.29) is 28.2 Å². The Hall–Kier alpha value is -2.17. The molecule has 0 aliphatic carbocycles. The van der Waals surface area contributed by atoms with Gasteiger partial charge in [0.05, 0.1) is 16.7 Å². The summed E-state index contributed by atoms with van der Waals surface area (Å²) in [5, 5.41) is 2.12. The van der Waals surface area contributed by atoms with Gasteiger partial charge < -0.3 is 5.73 Å². The Morgan fingerprint density at radius 3 is 2.53 bits per heavy atom. The molecule has 0 saturated heterocycles. The van der Waals surface area contributed by atoms with Crippen LogP contribution in [0.5, 0.6) is 0 Å². The minimum absolute atomic E-state index is 0.0903. The topological polar surface area (TPSA) is 89.3 Å². The van der Waals surface area contributed by atoms with Crippen LogP contribution in [-0.2, 0) is 0 Å². The van der Waals surface area contributed by atoms with Crippen molar-refractivity contribution in [3.05, 3.63) is 28.8 Å².